The number of hydrogen-bond donors (Lipinski definition) is 0. The van der Waals surface area contributed by atoms with E-state index in [0.29, 0.717) is 4.86 Å². The highest BCUT2D eigenvalue weighted by molar-refractivity contribution is 5.80. The zero-order valence-electron chi connectivity index (χ0n) is 11.0. The van der Waals surface area contributed by atoms with Crippen LogP contribution in [0.3, 0.4) is 0 Å². The Balaban J connectivity index is 2.95. The monoisotopic (exact) mass is 246 g/mol. The maximum absolute atomic E-state index is 11.6. The molecule has 0 amide bonds. The molecule has 0 heterocycles. The molecule has 0 aliphatic carbocycles. The number of nitrogens with zero attached hydrogens (tertiary/aromatic N) is 2. The number of allylic oxidation sites excluding steroid dienone is 1. The molecule has 1 atom stereocenters. The predicted octanol–water partition coefficient (Wildman–Crippen LogP) is 3.38. The first-order chi connectivity index (χ1) is 8.54. The molecule has 0 aliphatic rings. The van der Waals surface area contributed by atoms with Crippen molar-refractivity contribution in [2.24, 2.45) is 5.11 Å². The number of azo groups is 1. The van der Waals surface area contributed by atoms with Crippen LogP contribution in [0.2, 0.25) is 0 Å². The Hall–Kier alpha value is -1.97. The third-order valence-corrected chi connectivity index (χ3v) is 2.67. The van der Waals surface area contributed by atoms with Crippen molar-refractivity contribution in [3.63, 3.8) is 0 Å². The second-order valence-corrected chi connectivity index (χ2v) is 4.08. The number of carbonyl (C=O) groups excluding carboxylic acids is 1. The summed E-state index contributed by atoms with van der Waals surface area (Å²) in [5.74, 6) is -0.123. The Kier molecular flexibility index (Phi) is 5.24. The fourth-order valence-electron chi connectivity index (χ4n) is 1.44. The van der Waals surface area contributed by atoms with Gasteiger partial charge in [-0.15, -0.1) is 0 Å². The van der Waals surface area contributed by atoms with Crippen LogP contribution in [0.5, 0.6) is 0 Å². The molecule has 1 rings (SSSR count). The van der Waals surface area contributed by atoms with E-state index in [1.54, 1.807) is 6.92 Å². The van der Waals surface area contributed by atoms with Crippen molar-refractivity contribution in [1.29, 1.82) is 0 Å². The van der Waals surface area contributed by atoms with Gasteiger partial charge in [0.25, 0.3) is 0 Å². The van der Waals surface area contributed by atoms with Crippen LogP contribution in [0.4, 0.5) is 0 Å². The van der Waals surface area contributed by atoms with Gasteiger partial charge in [0, 0.05) is 5.57 Å². The number of ketones is 1. The van der Waals surface area contributed by atoms with E-state index < -0.39 is 6.04 Å². The van der Waals surface area contributed by atoms with E-state index in [4.69, 9.17) is 0 Å². The van der Waals surface area contributed by atoms with Crippen molar-refractivity contribution in [3.05, 3.63) is 47.3 Å². The Morgan fingerprint density at radius 3 is 2.56 bits per heavy atom. The van der Waals surface area contributed by atoms with Gasteiger partial charge in [-0.05, 0) is 30.9 Å². The first kappa shape index (κ1) is 14.1. The number of rotatable bonds is 5. The molecule has 0 aliphatic heterocycles. The van der Waals surface area contributed by atoms with Gasteiger partial charge < -0.3 is 5.21 Å². The zero-order valence-corrected chi connectivity index (χ0v) is 11.0. The lowest BCUT2D eigenvalue weighted by Gasteiger charge is -2.04. The SMILES string of the molecule is CC/C(=C\[N+]([O-])=N[C@@H](C)C(C)=O)c1ccccc1. The van der Waals surface area contributed by atoms with Gasteiger partial charge >= 0.3 is 0 Å². The molecule has 0 fully saturated rings. The first-order valence-electron chi connectivity index (χ1n) is 5.98. The Labute approximate surface area is 107 Å². The zero-order chi connectivity index (χ0) is 13.5. The van der Waals surface area contributed by atoms with E-state index in [2.05, 4.69) is 5.11 Å². The highest BCUT2D eigenvalue weighted by Gasteiger charge is 2.10. The highest BCUT2D eigenvalue weighted by atomic mass is 16.5. The summed E-state index contributed by atoms with van der Waals surface area (Å²) in [4.78, 5) is 11.5. The third kappa shape index (κ3) is 4.13. The molecule has 4 heteroatoms. The molecule has 0 spiro atoms. The van der Waals surface area contributed by atoms with Gasteiger partial charge in [0.1, 0.15) is 0 Å². The van der Waals surface area contributed by atoms with Crippen LogP contribution in [-0.4, -0.2) is 16.7 Å². The maximum atomic E-state index is 11.6. The average molecular weight is 246 g/mol. The molecule has 1 aromatic carbocycles. The molecule has 4 nitrogen and oxygen atoms in total. The first-order valence-corrected chi connectivity index (χ1v) is 5.98. The largest absolute Gasteiger partial charge is 0.595 e. The summed E-state index contributed by atoms with van der Waals surface area (Å²) >= 11 is 0. The van der Waals surface area contributed by atoms with E-state index >= 15 is 0 Å². The van der Waals surface area contributed by atoms with Crippen LogP contribution >= 0.6 is 0 Å². The molecule has 1 aromatic rings. The lowest BCUT2D eigenvalue weighted by atomic mass is 10.1. The van der Waals surface area contributed by atoms with Gasteiger partial charge in [-0.3, -0.25) is 4.79 Å². The van der Waals surface area contributed by atoms with Crippen molar-refractivity contribution >= 4 is 11.4 Å². The topological polar surface area (TPSA) is 55.5 Å². The van der Waals surface area contributed by atoms with Crippen molar-refractivity contribution in [2.75, 3.05) is 0 Å². The predicted molar refractivity (Wildman–Crippen MR) is 70.9 cm³/mol. The second-order valence-electron chi connectivity index (χ2n) is 4.08. The molecule has 0 unspecified atom stereocenters. The summed E-state index contributed by atoms with van der Waals surface area (Å²) in [6, 6.07) is 9.04. The van der Waals surface area contributed by atoms with Crippen molar-refractivity contribution in [3.8, 4) is 0 Å². The molecule has 0 N–H and O–H groups in total. The Bertz CT molecular complexity index is 464. The van der Waals surface area contributed by atoms with Crippen LogP contribution in [0, 0.1) is 5.21 Å². The van der Waals surface area contributed by atoms with Crippen molar-refractivity contribution in [2.45, 2.75) is 33.2 Å². The molecule has 0 saturated heterocycles. The van der Waals surface area contributed by atoms with Crippen LogP contribution in [-0.2, 0) is 4.79 Å². The fraction of sp³-hybridized carbons (Fsp3) is 0.357. The van der Waals surface area contributed by atoms with Crippen LogP contribution in [0.1, 0.15) is 32.8 Å². The van der Waals surface area contributed by atoms with E-state index in [0.717, 1.165) is 17.6 Å². The lowest BCUT2D eigenvalue weighted by molar-refractivity contribution is -0.460. The van der Waals surface area contributed by atoms with Crippen LogP contribution < -0.4 is 0 Å². The summed E-state index contributed by atoms with van der Waals surface area (Å²) < 4.78 is 0. The lowest BCUT2D eigenvalue weighted by Crippen LogP contribution is -2.12. The highest BCUT2D eigenvalue weighted by Crippen LogP contribution is 2.17. The van der Waals surface area contributed by atoms with E-state index in [9.17, 15) is 10.0 Å². The van der Waals surface area contributed by atoms with E-state index in [1.807, 2.05) is 37.3 Å². The number of hydroxylamine groups is 1. The standard InChI is InChI=1S/C14H18N2O2/c1-4-13(14-8-6-5-7-9-14)10-16(18)15-11(2)12(3)17/h5-11H,4H2,1-3H3/b13-10+,16-15?/t11-/m0/s1. The number of Topliss-reactive ketones (excluding diaryl/α,β-unsaturated/α-hetero) is 1. The minimum Gasteiger partial charge on any atom is -0.595 e. The molecule has 0 saturated carbocycles. The molecular formula is C14H18N2O2. The van der Waals surface area contributed by atoms with Gasteiger partial charge in [0.2, 0.25) is 6.20 Å². The van der Waals surface area contributed by atoms with Crippen LogP contribution in [0.25, 0.3) is 5.57 Å². The normalized spacial score (nSPS) is 14.4. The average Bonchev–Trinajstić information content (AvgIpc) is 2.36. The number of benzene rings is 1. The summed E-state index contributed by atoms with van der Waals surface area (Å²) in [6.07, 6.45) is 2.15. The summed E-state index contributed by atoms with van der Waals surface area (Å²) in [5.41, 5.74) is 1.89. The third-order valence-electron chi connectivity index (χ3n) is 2.67. The van der Waals surface area contributed by atoms with E-state index in [-0.39, 0.29) is 5.78 Å². The van der Waals surface area contributed by atoms with Gasteiger partial charge in [0.15, 0.2) is 11.8 Å². The molecule has 0 bridgehead atoms. The minimum atomic E-state index is -0.604. The maximum Gasteiger partial charge on any atom is 0.213 e. The van der Waals surface area contributed by atoms with Gasteiger partial charge in [-0.25, -0.2) is 0 Å². The van der Waals surface area contributed by atoms with Crippen molar-refractivity contribution < 1.29 is 9.66 Å². The number of carbonyl (C=O) groups is 1. The van der Waals surface area contributed by atoms with Crippen molar-refractivity contribution in [1.82, 2.24) is 0 Å². The molecule has 96 valence electrons. The Morgan fingerprint density at radius 1 is 1.44 bits per heavy atom. The van der Waals surface area contributed by atoms with Gasteiger partial charge in [-0.1, -0.05) is 42.1 Å². The minimum absolute atomic E-state index is 0.123. The smallest absolute Gasteiger partial charge is 0.213 e. The van der Waals surface area contributed by atoms with Crippen LogP contribution in [0.15, 0.2) is 41.6 Å². The molecule has 0 aromatic heterocycles. The van der Waals surface area contributed by atoms with Gasteiger partial charge in [0.05, 0.1) is 0 Å². The summed E-state index contributed by atoms with van der Waals surface area (Å²) in [5, 5.41) is 15.4. The summed E-state index contributed by atoms with van der Waals surface area (Å²) in [6.45, 7) is 5.00. The Morgan fingerprint density at radius 2 is 2.06 bits per heavy atom. The second kappa shape index (κ2) is 6.69. The molecule has 0 radical (unpaired) electrons. The fourth-order valence-corrected chi connectivity index (χ4v) is 1.44. The quantitative estimate of drug-likeness (QED) is 0.454. The van der Waals surface area contributed by atoms with E-state index in [1.165, 1.54) is 13.1 Å². The van der Waals surface area contributed by atoms with Gasteiger partial charge in [-0.2, -0.15) is 0 Å². The number of hydrogen-bond acceptors (Lipinski definition) is 3. The molecule has 18 heavy (non-hydrogen) atoms. The summed E-state index contributed by atoms with van der Waals surface area (Å²) in [7, 11) is 0. The molecular weight excluding hydrogens is 228 g/mol.